The lowest BCUT2D eigenvalue weighted by atomic mass is 9.90. The minimum atomic E-state index is -0.634. The van der Waals surface area contributed by atoms with E-state index < -0.39 is 11.7 Å². The van der Waals surface area contributed by atoms with Gasteiger partial charge in [0.05, 0.1) is 5.60 Å². The molecule has 0 spiro atoms. The third-order valence-electron chi connectivity index (χ3n) is 2.93. The van der Waals surface area contributed by atoms with Crippen molar-refractivity contribution in [3.8, 4) is 0 Å². The fourth-order valence-electron chi connectivity index (χ4n) is 1.45. The van der Waals surface area contributed by atoms with Crippen LogP contribution in [0.4, 0.5) is 0 Å². The van der Waals surface area contributed by atoms with E-state index in [1.165, 1.54) is 0 Å². The third kappa shape index (κ3) is 2.71. The normalized spacial score (nSPS) is 17.1. The second-order valence-electron chi connectivity index (χ2n) is 3.82. The van der Waals surface area contributed by atoms with Crippen molar-refractivity contribution < 1.29 is 9.84 Å². The molecule has 0 aliphatic rings. The first-order chi connectivity index (χ1) is 7.03. The molecule has 0 saturated carbocycles. The van der Waals surface area contributed by atoms with Gasteiger partial charge in [0.1, 0.15) is 6.10 Å². The molecule has 1 aromatic carbocycles. The lowest BCUT2D eigenvalue weighted by Gasteiger charge is -2.32. The first kappa shape index (κ1) is 12.5. The Morgan fingerprint density at radius 2 is 1.93 bits per heavy atom. The van der Waals surface area contributed by atoms with Crippen LogP contribution in [0.2, 0.25) is 5.02 Å². The van der Waals surface area contributed by atoms with E-state index in [0.717, 1.165) is 12.0 Å². The van der Waals surface area contributed by atoms with Crippen molar-refractivity contribution >= 4 is 11.6 Å². The van der Waals surface area contributed by atoms with E-state index in [9.17, 15) is 5.11 Å². The van der Waals surface area contributed by atoms with Crippen molar-refractivity contribution in [3.63, 3.8) is 0 Å². The molecule has 0 radical (unpaired) electrons. The summed E-state index contributed by atoms with van der Waals surface area (Å²) >= 11 is 5.79. The number of halogens is 1. The SMILES string of the molecule is CCC(C)(OC)C(O)c1ccc(Cl)cc1. The molecule has 0 heterocycles. The number of hydrogen-bond acceptors (Lipinski definition) is 2. The van der Waals surface area contributed by atoms with Gasteiger partial charge >= 0.3 is 0 Å². The Hall–Kier alpha value is -0.570. The molecule has 0 aliphatic carbocycles. The van der Waals surface area contributed by atoms with E-state index >= 15 is 0 Å². The van der Waals surface area contributed by atoms with E-state index in [2.05, 4.69) is 0 Å². The molecule has 0 aliphatic heterocycles. The average molecular weight is 229 g/mol. The fourth-order valence-corrected chi connectivity index (χ4v) is 1.57. The Balaban J connectivity index is 2.92. The van der Waals surface area contributed by atoms with Gasteiger partial charge in [-0.25, -0.2) is 0 Å². The van der Waals surface area contributed by atoms with Crippen LogP contribution in [0, 0.1) is 0 Å². The molecule has 2 nitrogen and oxygen atoms in total. The lowest BCUT2D eigenvalue weighted by Crippen LogP contribution is -2.34. The zero-order chi connectivity index (χ0) is 11.5. The van der Waals surface area contributed by atoms with Crippen molar-refractivity contribution in [1.82, 2.24) is 0 Å². The summed E-state index contributed by atoms with van der Waals surface area (Å²) in [6, 6.07) is 7.18. The van der Waals surface area contributed by atoms with Gasteiger partial charge in [-0.1, -0.05) is 30.7 Å². The maximum Gasteiger partial charge on any atom is 0.108 e. The summed E-state index contributed by atoms with van der Waals surface area (Å²) in [6.07, 6.45) is 0.109. The number of rotatable bonds is 4. The van der Waals surface area contributed by atoms with Gasteiger partial charge in [0, 0.05) is 12.1 Å². The maximum atomic E-state index is 10.2. The van der Waals surface area contributed by atoms with Crippen LogP contribution in [0.15, 0.2) is 24.3 Å². The molecule has 0 saturated heterocycles. The van der Waals surface area contributed by atoms with Gasteiger partial charge in [-0.2, -0.15) is 0 Å². The molecule has 1 rings (SSSR count). The van der Waals surface area contributed by atoms with Crippen LogP contribution in [-0.4, -0.2) is 17.8 Å². The maximum absolute atomic E-state index is 10.2. The summed E-state index contributed by atoms with van der Waals surface area (Å²) in [6.45, 7) is 3.88. The summed E-state index contributed by atoms with van der Waals surface area (Å²) in [5.74, 6) is 0. The van der Waals surface area contributed by atoms with Gasteiger partial charge in [-0.15, -0.1) is 0 Å². The predicted molar refractivity (Wildman–Crippen MR) is 62.1 cm³/mol. The van der Waals surface area contributed by atoms with E-state index in [0.29, 0.717) is 5.02 Å². The Morgan fingerprint density at radius 1 is 1.40 bits per heavy atom. The topological polar surface area (TPSA) is 29.5 Å². The lowest BCUT2D eigenvalue weighted by molar-refractivity contribution is -0.0944. The highest BCUT2D eigenvalue weighted by Gasteiger charge is 2.32. The van der Waals surface area contributed by atoms with E-state index in [1.807, 2.05) is 26.0 Å². The van der Waals surface area contributed by atoms with Crippen LogP contribution in [0.5, 0.6) is 0 Å². The fraction of sp³-hybridized carbons (Fsp3) is 0.500. The van der Waals surface area contributed by atoms with Gasteiger partial charge in [-0.05, 0) is 31.0 Å². The van der Waals surface area contributed by atoms with Crippen LogP contribution < -0.4 is 0 Å². The van der Waals surface area contributed by atoms with Gasteiger partial charge < -0.3 is 9.84 Å². The zero-order valence-corrected chi connectivity index (χ0v) is 10.1. The summed E-state index contributed by atoms with van der Waals surface area (Å²) in [4.78, 5) is 0. The molecule has 0 bridgehead atoms. The minimum absolute atomic E-state index is 0.548. The smallest absolute Gasteiger partial charge is 0.108 e. The molecule has 15 heavy (non-hydrogen) atoms. The molecule has 2 unspecified atom stereocenters. The number of ether oxygens (including phenoxy) is 1. The van der Waals surface area contributed by atoms with Crippen molar-refractivity contribution in [2.75, 3.05) is 7.11 Å². The quantitative estimate of drug-likeness (QED) is 0.858. The number of methoxy groups -OCH3 is 1. The van der Waals surface area contributed by atoms with Crippen molar-refractivity contribution in [3.05, 3.63) is 34.9 Å². The van der Waals surface area contributed by atoms with Crippen molar-refractivity contribution in [2.45, 2.75) is 32.0 Å². The molecule has 2 atom stereocenters. The Morgan fingerprint density at radius 3 is 2.33 bits per heavy atom. The predicted octanol–water partition coefficient (Wildman–Crippen LogP) is 3.19. The molecule has 0 amide bonds. The third-order valence-corrected chi connectivity index (χ3v) is 3.18. The summed E-state index contributed by atoms with van der Waals surface area (Å²) in [7, 11) is 1.61. The van der Waals surface area contributed by atoms with Crippen LogP contribution in [-0.2, 0) is 4.74 Å². The minimum Gasteiger partial charge on any atom is -0.385 e. The highest BCUT2D eigenvalue weighted by Crippen LogP contribution is 2.31. The van der Waals surface area contributed by atoms with Crippen LogP contribution in [0.3, 0.4) is 0 Å². The van der Waals surface area contributed by atoms with Gasteiger partial charge in [0.15, 0.2) is 0 Å². The Bertz CT molecular complexity index is 304. The standard InChI is InChI=1S/C12H17ClO2/c1-4-12(2,15-3)11(14)9-5-7-10(13)8-6-9/h5-8,11,14H,4H2,1-3H3. The number of hydrogen-bond donors (Lipinski definition) is 1. The van der Waals surface area contributed by atoms with Crippen LogP contribution in [0.25, 0.3) is 0 Å². The second kappa shape index (κ2) is 4.97. The summed E-state index contributed by atoms with van der Waals surface area (Å²) in [5, 5.41) is 10.8. The summed E-state index contributed by atoms with van der Waals surface area (Å²) in [5.41, 5.74) is 0.277. The van der Waals surface area contributed by atoms with Crippen LogP contribution in [0.1, 0.15) is 31.9 Å². The molecule has 1 N–H and O–H groups in total. The first-order valence-corrected chi connectivity index (χ1v) is 5.40. The molecule has 1 aromatic rings. The molecule has 0 aromatic heterocycles. The van der Waals surface area contributed by atoms with Crippen molar-refractivity contribution in [1.29, 1.82) is 0 Å². The largest absolute Gasteiger partial charge is 0.385 e. The molecule has 84 valence electrons. The molecule has 0 fully saturated rings. The first-order valence-electron chi connectivity index (χ1n) is 5.02. The highest BCUT2D eigenvalue weighted by atomic mass is 35.5. The number of benzene rings is 1. The van der Waals surface area contributed by atoms with Gasteiger partial charge in [-0.3, -0.25) is 0 Å². The highest BCUT2D eigenvalue weighted by molar-refractivity contribution is 6.30. The van der Waals surface area contributed by atoms with Gasteiger partial charge in [0.2, 0.25) is 0 Å². The van der Waals surface area contributed by atoms with Gasteiger partial charge in [0.25, 0.3) is 0 Å². The number of aliphatic hydroxyl groups is 1. The average Bonchev–Trinajstić information content (AvgIpc) is 2.28. The monoisotopic (exact) mass is 228 g/mol. The molecule has 3 heteroatoms. The van der Waals surface area contributed by atoms with E-state index in [4.69, 9.17) is 16.3 Å². The van der Waals surface area contributed by atoms with Crippen molar-refractivity contribution in [2.24, 2.45) is 0 Å². The summed E-state index contributed by atoms with van der Waals surface area (Å²) < 4.78 is 5.35. The molecular weight excluding hydrogens is 212 g/mol. The molecular formula is C12H17ClO2. The van der Waals surface area contributed by atoms with E-state index in [1.54, 1.807) is 19.2 Å². The Labute approximate surface area is 95.8 Å². The Kier molecular flexibility index (Phi) is 4.14. The van der Waals surface area contributed by atoms with E-state index in [-0.39, 0.29) is 0 Å². The van der Waals surface area contributed by atoms with Crippen LogP contribution >= 0.6 is 11.6 Å². The second-order valence-corrected chi connectivity index (χ2v) is 4.26. The number of aliphatic hydroxyl groups excluding tert-OH is 1. The zero-order valence-electron chi connectivity index (χ0n) is 9.33.